The summed E-state index contributed by atoms with van der Waals surface area (Å²) in [6.07, 6.45) is 3.39. The summed E-state index contributed by atoms with van der Waals surface area (Å²) < 4.78 is 5.45. The van der Waals surface area contributed by atoms with Crippen molar-refractivity contribution in [2.45, 2.75) is 39.2 Å². The van der Waals surface area contributed by atoms with E-state index < -0.39 is 0 Å². The lowest BCUT2D eigenvalue weighted by Crippen LogP contribution is -2.45. The number of benzene rings is 1. The fourth-order valence-electron chi connectivity index (χ4n) is 2.79. The van der Waals surface area contributed by atoms with Crippen LogP contribution in [0, 0.1) is 11.8 Å². The van der Waals surface area contributed by atoms with E-state index in [1.165, 1.54) is 18.6 Å². The van der Waals surface area contributed by atoms with E-state index in [1.54, 1.807) is 0 Å². The number of carbonyl (C=O) groups is 1. The zero-order valence-corrected chi connectivity index (χ0v) is 14.9. The van der Waals surface area contributed by atoms with Crippen molar-refractivity contribution in [3.8, 4) is 5.75 Å². The molecule has 1 amide bonds. The van der Waals surface area contributed by atoms with Crippen LogP contribution in [0.3, 0.4) is 0 Å². The minimum absolute atomic E-state index is 0.0880. The van der Waals surface area contributed by atoms with Crippen molar-refractivity contribution in [1.29, 1.82) is 0 Å². The molecule has 0 heterocycles. The van der Waals surface area contributed by atoms with E-state index in [0.717, 1.165) is 12.8 Å². The Kier molecular flexibility index (Phi) is 6.25. The lowest BCUT2D eigenvalue weighted by molar-refractivity contribution is -0.124. The van der Waals surface area contributed by atoms with Crippen LogP contribution in [0.25, 0.3) is 0 Å². The van der Waals surface area contributed by atoms with E-state index in [-0.39, 0.29) is 18.6 Å². The van der Waals surface area contributed by atoms with Gasteiger partial charge in [-0.2, -0.15) is 0 Å². The van der Waals surface area contributed by atoms with Gasteiger partial charge in [-0.05, 0) is 24.3 Å². The molecule has 0 aliphatic heterocycles. The summed E-state index contributed by atoms with van der Waals surface area (Å²) in [5, 5.41) is 4.08. The first-order valence-electron chi connectivity index (χ1n) is 7.45. The number of nitrogens with one attached hydrogen (secondary N) is 1. The molecule has 2 rings (SSSR count). The molecule has 1 N–H and O–H groups in total. The summed E-state index contributed by atoms with van der Waals surface area (Å²) in [6, 6.07) is 3.23. The minimum Gasteiger partial charge on any atom is -0.482 e. The Bertz CT molecular complexity index is 550. The van der Waals surface area contributed by atoms with Crippen LogP contribution in [0.2, 0.25) is 15.1 Å². The van der Waals surface area contributed by atoms with Gasteiger partial charge in [-0.3, -0.25) is 4.79 Å². The van der Waals surface area contributed by atoms with Gasteiger partial charge in [-0.15, -0.1) is 0 Å². The molecule has 0 spiro atoms. The molecule has 3 atom stereocenters. The van der Waals surface area contributed by atoms with Gasteiger partial charge in [0.25, 0.3) is 5.91 Å². The topological polar surface area (TPSA) is 38.3 Å². The molecule has 122 valence electrons. The van der Waals surface area contributed by atoms with E-state index >= 15 is 0 Å². The predicted molar refractivity (Wildman–Crippen MR) is 91.1 cm³/mol. The summed E-state index contributed by atoms with van der Waals surface area (Å²) >= 11 is 17.8. The Morgan fingerprint density at radius 3 is 2.59 bits per heavy atom. The minimum atomic E-state index is -0.145. The molecule has 1 fully saturated rings. The van der Waals surface area contributed by atoms with Gasteiger partial charge in [0.15, 0.2) is 6.61 Å². The van der Waals surface area contributed by atoms with Crippen LogP contribution in [-0.2, 0) is 4.79 Å². The van der Waals surface area contributed by atoms with Crippen LogP contribution in [0.1, 0.15) is 33.1 Å². The third-order valence-corrected chi connectivity index (χ3v) is 5.40. The fourth-order valence-corrected chi connectivity index (χ4v) is 3.38. The third kappa shape index (κ3) is 4.43. The number of ether oxygens (including phenoxy) is 1. The first-order valence-corrected chi connectivity index (χ1v) is 8.58. The van der Waals surface area contributed by atoms with Crippen LogP contribution < -0.4 is 10.1 Å². The maximum absolute atomic E-state index is 12.1. The van der Waals surface area contributed by atoms with Crippen molar-refractivity contribution in [2.75, 3.05) is 6.61 Å². The van der Waals surface area contributed by atoms with E-state index in [2.05, 4.69) is 19.2 Å². The zero-order valence-electron chi connectivity index (χ0n) is 12.7. The molecule has 1 aliphatic rings. The SMILES string of the molecule is C[C@@H]1[C@@H](C)CCC[C@H]1NC(=O)COc1cc(Cl)c(Cl)cc1Cl. The molecule has 0 saturated heterocycles. The van der Waals surface area contributed by atoms with Crippen LogP contribution in [0.5, 0.6) is 5.75 Å². The maximum Gasteiger partial charge on any atom is 0.258 e. The highest BCUT2D eigenvalue weighted by atomic mass is 35.5. The molecule has 1 aromatic carbocycles. The zero-order chi connectivity index (χ0) is 16.3. The van der Waals surface area contributed by atoms with E-state index in [4.69, 9.17) is 39.5 Å². The second-order valence-corrected chi connectivity index (χ2v) is 7.15. The summed E-state index contributed by atoms with van der Waals surface area (Å²) in [4.78, 5) is 12.1. The van der Waals surface area contributed by atoms with Crippen molar-refractivity contribution in [2.24, 2.45) is 11.8 Å². The number of halogens is 3. The van der Waals surface area contributed by atoms with Gasteiger partial charge in [0, 0.05) is 12.1 Å². The van der Waals surface area contributed by atoms with Gasteiger partial charge >= 0.3 is 0 Å². The highest BCUT2D eigenvalue weighted by molar-refractivity contribution is 6.43. The van der Waals surface area contributed by atoms with Gasteiger partial charge in [0.05, 0.1) is 15.1 Å². The number of hydrogen-bond donors (Lipinski definition) is 1. The van der Waals surface area contributed by atoms with Gasteiger partial charge in [0.1, 0.15) is 5.75 Å². The molecule has 0 unspecified atom stereocenters. The third-order valence-electron chi connectivity index (χ3n) is 4.39. The first kappa shape index (κ1) is 17.7. The highest BCUT2D eigenvalue weighted by Crippen LogP contribution is 2.34. The summed E-state index contributed by atoms with van der Waals surface area (Å²) in [6.45, 7) is 4.33. The van der Waals surface area contributed by atoms with Gasteiger partial charge in [0.2, 0.25) is 0 Å². The second kappa shape index (κ2) is 7.76. The summed E-state index contributed by atoms with van der Waals surface area (Å²) in [5.74, 6) is 1.32. The Labute approximate surface area is 146 Å². The van der Waals surface area contributed by atoms with E-state index in [9.17, 15) is 4.79 Å². The number of amides is 1. The maximum atomic E-state index is 12.1. The largest absolute Gasteiger partial charge is 0.482 e. The van der Waals surface area contributed by atoms with Crippen molar-refractivity contribution in [3.05, 3.63) is 27.2 Å². The van der Waals surface area contributed by atoms with Crippen LogP contribution in [0.4, 0.5) is 0 Å². The Morgan fingerprint density at radius 1 is 1.18 bits per heavy atom. The molecule has 0 bridgehead atoms. The lowest BCUT2D eigenvalue weighted by atomic mass is 9.78. The van der Waals surface area contributed by atoms with Crippen molar-refractivity contribution < 1.29 is 9.53 Å². The molecule has 22 heavy (non-hydrogen) atoms. The number of rotatable bonds is 4. The number of hydrogen-bond acceptors (Lipinski definition) is 2. The first-order chi connectivity index (χ1) is 10.4. The highest BCUT2D eigenvalue weighted by Gasteiger charge is 2.28. The van der Waals surface area contributed by atoms with E-state index in [0.29, 0.717) is 32.7 Å². The molecule has 0 aromatic heterocycles. The quantitative estimate of drug-likeness (QED) is 0.766. The standard InChI is InChI=1S/C16H20Cl3NO2/c1-9-4-3-5-14(10(9)2)20-16(21)8-22-15-7-12(18)11(17)6-13(15)19/h6-7,9-10,14H,3-5,8H2,1-2H3,(H,20,21)/t9-,10+,14+/m0/s1. The van der Waals surface area contributed by atoms with E-state index in [1.807, 2.05) is 0 Å². The average Bonchev–Trinajstić information content (AvgIpc) is 2.46. The Balaban J connectivity index is 1.89. The Hall–Kier alpha value is -0.640. The molecule has 6 heteroatoms. The predicted octanol–water partition coefficient (Wildman–Crippen LogP) is 4.97. The molecular formula is C16H20Cl3NO2. The number of carbonyl (C=O) groups excluding carboxylic acids is 1. The van der Waals surface area contributed by atoms with Gasteiger partial charge in [-0.1, -0.05) is 61.5 Å². The van der Waals surface area contributed by atoms with Gasteiger partial charge < -0.3 is 10.1 Å². The molecule has 1 saturated carbocycles. The monoisotopic (exact) mass is 363 g/mol. The van der Waals surface area contributed by atoms with Crippen molar-refractivity contribution >= 4 is 40.7 Å². The molecule has 3 nitrogen and oxygen atoms in total. The summed E-state index contributed by atoms with van der Waals surface area (Å²) in [5.41, 5.74) is 0. The smallest absolute Gasteiger partial charge is 0.258 e. The van der Waals surface area contributed by atoms with Crippen LogP contribution >= 0.6 is 34.8 Å². The van der Waals surface area contributed by atoms with Crippen molar-refractivity contribution in [3.63, 3.8) is 0 Å². The molecule has 1 aliphatic carbocycles. The summed E-state index contributed by atoms with van der Waals surface area (Å²) in [7, 11) is 0. The molecular weight excluding hydrogens is 345 g/mol. The van der Waals surface area contributed by atoms with Crippen molar-refractivity contribution in [1.82, 2.24) is 5.32 Å². The second-order valence-electron chi connectivity index (χ2n) is 5.93. The molecule has 0 radical (unpaired) electrons. The lowest BCUT2D eigenvalue weighted by Gasteiger charge is -2.34. The average molecular weight is 365 g/mol. The normalized spacial score (nSPS) is 24.9. The van der Waals surface area contributed by atoms with Gasteiger partial charge in [-0.25, -0.2) is 0 Å². The fraction of sp³-hybridized carbons (Fsp3) is 0.562. The molecule has 1 aromatic rings. The van der Waals surface area contributed by atoms with Crippen LogP contribution in [0.15, 0.2) is 12.1 Å². The van der Waals surface area contributed by atoms with Crippen LogP contribution in [-0.4, -0.2) is 18.6 Å². The Morgan fingerprint density at radius 2 is 1.86 bits per heavy atom.